The molecule has 2 aromatic rings. The van der Waals surface area contributed by atoms with Crippen molar-refractivity contribution < 1.29 is 9.90 Å². The molecule has 0 saturated heterocycles. The van der Waals surface area contributed by atoms with Gasteiger partial charge >= 0.3 is 0 Å². The van der Waals surface area contributed by atoms with E-state index in [9.17, 15) is 9.90 Å². The summed E-state index contributed by atoms with van der Waals surface area (Å²) >= 11 is 6.21. The molecule has 116 valence electrons. The number of carbonyl (C=O) groups is 1. The molecule has 23 heavy (non-hydrogen) atoms. The fourth-order valence-electron chi connectivity index (χ4n) is 2.17. The van der Waals surface area contributed by atoms with Crippen LogP contribution in [-0.2, 0) is 0 Å². The first kappa shape index (κ1) is 16.3. The summed E-state index contributed by atoms with van der Waals surface area (Å²) in [6, 6.07) is 7.82. The van der Waals surface area contributed by atoms with E-state index in [-0.39, 0.29) is 22.6 Å². The number of rotatable bonds is 2. The van der Waals surface area contributed by atoms with Crippen molar-refractivity contribution in [3.8, 4) is 16.9 Å². The molecule has 0 aromatic heterocycles. The van der Waals surface area contributed by atoms with Crippen molar-refractivity contribution in [2.75, 3.05) is 0 Å². The first-order valence-corrected chi connectivity index (χ1v) is 6.87. The van der Waals surface area contributed by atoms with Gasteiger partial charge in [-0.3, -0.25) is 4.79 Å². The number of phenols is 1. The van der Waals surface area contributed by atoms with Gasteiger partial charge in [-0.15, -0.1) is 0 Å². The molecule has 0 aliphatic heterocycles. The SMILES string of the molecule is [C-]#[N+]c1ccc(O)c(C(=O)N=C(N)N)c1-c1cc(C)ccc1Cl. The second-order valence-corrected chi connectivity index (χ2v) is 5.20. The van der Waals surface area contributed by atoms with E-state index >= 15 is 0 Å². The van der Waals surface area contributed by atoms with Crippen LogP contribution in [-0.4, -0.2) is 17.0 Å². The highest BCUT2D eigenvalue weighted by Crippen LogP contribution is 2.42. The van der Waals surface area contributed by atoms with Gasteiger partial charge in [0.05, 0.1) is 12.1 Å². The molecule has 7 heteroatoms. The van der Waals surface area contributed by atoms with Crippen LogP contribution >= 0.6 is 11.6 Å². The summed E-state index contributed by atoms with van der Waals surface area (Å²) in [6.45, 7) is 9.16. The molecule has 2 aromatic carbocycles. The minimum Gasteiger partial charge on any atom is -0.507 e. The zero-order valence-electron chi connectivity index (χ0n) is 12.2. The lowest BCUT2D eigenvalue weighted by Gasteiger charge is -2.13. The fourth-order valence-corrected chi connectivity index (χ4v) is 2.38. The van der Waals surface area contributed by atoms with E-state index in [4.69, 9.17) is 29.6 Å². The van der Waals surface area contributed by atoms with E-state index in [1.54, 1.807) is 18.2 Å². The lowest BCUT2D eigenvalue weighted by atomic mass is 9.95. The molecule has 6 nitrogen and oxygen atoms in total. The van der Waals surface area contributed by atoms with Crippen molar-refractivity contribution in [3.05, 3.63) is 57.9 Å². The third kappa shape index (κ3) is 3.25. The van der Waals surface area contributed by atoms with Gasteiger partial charge < -0.3 is 16.6 Å². The van der Waals surface area contributed by atoms with Gasteiger partial charge in [-0.1, -0.05) is 35.4 Å². The van der Waals surface area contributed by atoms with Crippen molar-refractivity contribution in [1.82, 2.24) is 0 Å². The zero-order chi connectivity index (χ0) is 17.1. The highest BCUT2D eigenvalue weighted by molar-refractivity contribution is 6.34. The van der Waals surface area contributed by atoms with Gasteiger partial charge in [-0.05, 0) is 24.6 Å². The number of hydrogen-bond acceptors (Lipinski definition) is 2. The van der Waals surface area contributed by atoms with Crippen molar-refractivity contribution in [3.63, 3.8) is 0 Å². The van der Waals surface area contributed by atoms with Gasteiger partial charge in [-0.2, -0.15) is 4.99 Å². The maximum absolute atomic E-state index is 12.3. The minimum absolute atomic E-state index is 0.157. The van der Waals surface area contributed by atoms with Gasteiger partial charge in [0.25, 0.3) is 5.91 Å². The van der Waals surface area contributed by atoms with Crippen LogP contribution in [0, 0.1) is 13.5 Å². The third-order valence-corrected chi connectivity index (χ3v) is 3.45. The van der Waals surface area contributed by atoms with Gasteiger partial charge in [0.2, 0.25) is 0 Å². The Kier molecular flexibility index (Phi) is 4.53. The normalized spacial score (nSPS) is 9.96. The number of aryl methyl sites for hydroxylation is 1. The van der Waals surface area contributed by atoms with Crippen molar-refractivity contribution >= 4 is 29.2 Å². The summed E-state index contributed by atoms with van der Waals surface area (Å²) < 4.78 is 0. The van der Waals surface area contributed by atoms with Crippen LogP contribution in [0.1, 0.15) is 15.9 Å². The van der Waals surface area contributed by atoms with E-state index in [1.165, 1.54) is 12.1 Å². The third-order valence-electron chi connectivity index (χ3n) is 3.12. The van der Waals surface area contributed by atoms with E-state index in [0.29, 0.717) is 10.6 Å². The molecule has 2 rings (SSSR count). The van der Waals surface area contributed by atoms with E-state index in [1.807, 2.05) is 6.92 Å². The lowest BCUT2D eigenvalue weighted by molar-refractivity contribution is 0.100. The van der Waals surface area contributed by atoms with Crippen LogP contribution < -0.4 is 11.5 Å². The molecule has 0 saturated carbocycles. The number of benzene rings is 2. The number of amides is 1. The van der Waals surface area contributed by atoms with Crippen molar-refractivity contribution in [2.45, 2.75) is 6.92 Å². The number of aliphatic imine (C=N–C) groups is 1. The molecule has 0 heterocycles. The van der Waals surface area contributed by atoms with Gasteiger partial charge in [0.1, 0.15) is 5.75 Å². The predicted octanol–water partition coefficient (Wildman–Crippen LogP) is 2.99. The number of nitrogens with two attached hydrogens (primary N) is 2. The molecule has 5 N–H and O–H groups in total. The van der Waals surface area contributed by atoms with Crippen LogP contribution in [0.5, 0.6) is 5.75 Å². The van der Waals surface area contributed by atoms with Crippen LogP contribution in [0.15, 0.2) is 35.3 Å². The quantitative estimate of drug-likeness (QED) is 0.447. The summed E-state index contributed by atoms with van der Waals surface area (Å²) in [4.78, 5) is 19.1. The molecule has 0 unspecified atom stereocenters. The summed E-state index contributed by atoms with van der Waals surface area (Å²) in [7, 11) is 0. The predicted molar refractivity (Wildman–Crippen MR) is 89.7 cm³/mol. The Bertz CT molecular complexity index is 865. The molecule has 0 aliphatic carbocycles. The molecule has 1 amide bonds. The summed E-state index contributed by atoms with van der Waals surface area (Å²) in [6.07, 6.45) is 0. The summed E-state index contributed by atoms with van der Waals surface area (Å²) in [5.74, 6) is -1.62. The van der Waals surface area contributed by atoms with Gasteiger partial charge in [0, 0.05) is 10.6 Å². The smallest absolute Gasteiger partial charge is 0.283 e. The second kappa shape index (κ2) is 6.38. The van der Waals surface area contributed by atoms with Gasteiger partial charge in [0.15, 0.2) is 11.6 Å². The van der Waals surface area contributed by atoms with E-state index in [0.717, 1.165) is 5.56 Å². The molecular weight excluding hydrogens is 316 g/mol. The zero-order valence-corrected chi connectivity index (χ0v) is 12.9. The maximum Gasteiger partial charge on any atom is 0.283 e. The van der Waals surface area contributed by atoms with E-state index in [2.05, 4.69) is 9.84 Å². The molecule has 0 bridgehead atoms. The highest BCUT2D eigenvalue weighted by atomic mass is 35.5. The average molecular weight is 329 g/mol. The van der Waals surface area contributed by atoms with Crippen molar-refractivity contribution in [2.24, 2.45) is 16.5 Å². The Morgan fingerprint density at radius 2 is 2.00 bits per heavy atom. The minimum atomic E-state index is -0.847. The maximum atomic E-state index is 12.3. The molecule has 0 spiro atoms. The van der Waals surface area contributed by atoms with Crippen LogP contribution in [0.4, 0.5) is 5.69 Å². The highest BCUT2D eigenvalue weighted by Gasteiger charge is 2.22. The standard InChI is InChI=1S/C16H13ClN4O2/c1-8-3-4-10(17)9(7-8)13-11(20-2)5-6-12(22)14(13)15(23)21-16(18)19/h3-7,22H,1H3,(H4,18,19,21,23). The molecular formula is C16H13ClN4O2. The number of nitrogens with zero attached hydrogens (tertiary/aromatic N) is 2. The molecule has 0 fully saturated rings. The van der Waals surface area contributed by atoms with Crippen LogP contribution in [0.25, 0.3) is 16.0 Å². The Morgan fingerprint density at radius 1 is 1.30 bits per heavy atom. The number of guanidine groups is 1. The topological polar surface area (TPSA) is 106 Å². The Morgan fingerprint density at radius 3 is 2.61 bits per heavy atom. The summed E-state index contributed by atoms with van der Waals surface area (Å²) in [5.41, 5.74) is 12.0. The molecule has 0 aliphatic rings. The first-order chi connectivity index (χ1) is 10.8. The number of halogens is 1. The number of carbonyl (C=O) groups excluding carboxylic acids is 1. The Balaban J connectivity index is 2.88. The fraction of sp³-hybridized carbons (Fsp3) is 0.0625. The lowest BCUT2D eigenvalue weighted by Crippen LogP contribution is -2.24. The van der Waals surface area contributed by atoms with E-state index < -0.39 is 11.9 Å². The van der Waals surface area contributed by atoms with Gasteiger partial charge in [-0.25, -0.2) is 4.85 Å². The number of aromatic hydroxyl groups is 1. The number of phenolic OH excluding ortho intramolecular Hbond substituents is 1. The number of hydrogen-bond donors (Lipinski definition) is 3. The second-order valence-electron chi connectivity index (χ2n) is 4.79. The Labute approximate surface area is 137 Å². The molecule has 0 radical (unpaired) electrons. The monoisotopic (exact) mass is 328 g/mol. The summed E-state index contributed by atoms with van der Waals surface area (Å²) in [5, 5.41) is 10.4. The molecule has 0 atom stereocenters. The first-order valence-electron chi connectivity index (χ1n) is 6.49. The van der Waals surface area contributed by atoms with Crippen molar-refractivity contribution in [1.29, 1.82) is 0 Å². The average Bonchev–Trinajstić information content (AvgIpc) is 2.48. The van der Waals surface area contributed by atoms with Crippen LogP contribution in [0.2, 0.25) is 5.02 Å². The largest absolute Gasteiger partial charge is 0.507 e. The Hall–Kier alpha value is -3.04. The van der Waals surface area contributed by atoms with Crippen LogP contribution in [0.3, 0.4) is 0 Å².